The van der Waals surface area contributed by atoms with Crippen LogP contribution in [-0.2, 0) is 4.79 Å². The monoisotopic (exact) mass is 289 g/mol. The average Bonchev–Trinajstić information content (AvgIpc) is 3.01. The minimum absolute atomic E-state index is 0.0692. The maximum Gasteiger partial charge on any atom is 0.256 e. The van der Waals surface area contributed by atoms with E-state index in [1.54, 1.807) is 11.9 Å². The Morgan fingerprint density at radius 2 is 2.10 bits per heavy atom. The number of anilines is 1. The van der Waals surface area contributed by atoms with Gasteiger partial charge in [0.05, 0.1) is 5.56 Å². The normalized spacial score (nSPS) is 17.6. The highest BCUT2D eigenvalue weighted by molar-refractivity contribution is 6.02. The smallest absolute Gasteiger partial charge is 0.256 e. The summed E-state index contributed by atoms with van der Waals surface area (Å²) in [5.74, 6) is -0.153. The minimum atomic E-state index is -0.346. The first-order valence-corrected chi connectivity index (χ1v) is 7.54. The van der Waals surface area contributed by atoms with Crippen LogP contribution in [0.3, 0.4) is 0 Å². The molecule has 0 bridgehead atoms. The third-order valence-corrected chi connectivity index (χ3v) is 3.79. The van der Waals surface area contributed by atoms with Gasteiger partial charge in [0.1, 0.15) is 6.04 Å². The molecule has 1 aliphatic rings. The summed E-state index contributed by atoms with van der Waals surface area (Å²) < 4.78 is 0. The summed E-state index contributed by atoms with van der Waals surface area (Å²) in [5.41, 5.74) is 1.48. The van der Waals surface area contributed by atoms with Crippen LogP contribution in [0.5, 0.6) is 0 Å². The first kappa shape index (κ1) is 15.4. The number of rotatable bonds is 5. The Hall–Kier alpha value is -2.04. The van der Waals surface area contributed by atoms with Crippen molar-refractivity contribution >= 4 is 17.5 Å². The molecule has 1 aliphatic heterocycles. The number of para-hydroxylation sites is 1. The molecule has 1 fully saturated rings. The second kappa shape index (κ2) is 7.11. The molecule has 0 aromatic heterocycles. The predicted molar refractivity (Wildman–Crippen MR) is 83.3 cm³/mol. The van der Waals surface area contributed by atoms with Gasteiger partial charge in [0.2, 0.25) is 5.91 Å². The molecule has 21 heavy (non-hydrogen) atoms. The highest BCUT2D eigenvalue weighted by atomic mass is 16.2. The predicted octanol–water partition coefficient (Wildman–Crippen LogP) is 1.86. The molecule has 2 rings (SSSR count). The maximum atomic E-state index is 12.8. The number of carbonyl (C=O) groups excluding carboxylic acids is 2. The number of hydrogen-bond acceptors (Lipinski definition) is 3. The standard InChI is InChI=1S/C16H23N3O2/c1-3-10-18-13-8-5-4-7-12(13)16(21)19-11-6-9-14(19)15(20)17-2/h4-5,7-8,14,18H,3,6,9-11H2,1-2H3,(H,17,20). The van der Waals surface area contributed by atoms with Gasteiger partial charge in [-0.3, -0.25) is 9.59 Å². The summed E-state index contributed by atoms with van der Waals surface area (Å²) >= 11 is 0. The van der Waals surface area contributed by atoms with Crippen molar-refractivity contribution in [2.24, 2.45) is 0 Å². The lowest BCUT2D eigenvalue weighted by atomic mass is 10.1. The molecule has 1 atom stereocenters. The van der Waals surface area contributed by atoms with Gasteiger partial charge in [0, 0.05) is 25.8 Å². The Balaban J connectivity index is 2.21. The zero-order valence-electron chi connectivity index (χ0n) is 12.7. The maximum absolute atomic E-state index is 12.8. The van der Waals surface area contributed by atoms with E-state index in [4.69, 9.17) is 0 Å². The van der Waals surface area contributed by atoms with Gasteiger partial charge < -0.3 is 15.5 Å². The van der Waals surface area contributed by atoms with Crippen LogP contribution < -0.4 is 10.6 Å². The molecule has 1 aromatic rings. The van der Waals surface area contributed by atoms with Crippen LogP contribution in [0.1, 0.15) is 36.5 Å². The summed E-state index contributed by atoms with van der Waals surface area (Å²) in [6.45, 7) is 3.54. The van der Waals surface area contributed by atoms with Crippen LogP contribution >= 0.6 is 0 Å². The molecule has 2 amide bonds. The summed E-state index contributed by atoms with van der Waals surface area (Å²) in [6, 6.07) is 7.15. The van der Waals surface area contributed by atoms with E-state index in [0.717, 1.165) is 31.5 Å². The zero-order valence-corrected chi connectivity index (χ0v) is 12.7. The molecule has 0 radical (unpaired) electrons. The summed E-state index contributed by atoms with van der Waals surface area (Å²) in [4.78, 5) is 26.4. The molecular weight excluding hydrogens is 266 g/mol. The highest BCUT2D eigenvalue weighted by Crippen LogP contribution is 2.24. The number of nitrogens with zero attached hydrogens (tertiary/aromatic N) is 1. The van der Waals surface area contributed by atoms with Crippen LogP contribution in [-0.4, -0.2) is 42.9 Å². The SMILES string of the molecule is CCCNc1ccccc1C(=O)N1CCCC1C(=O)NC. The molecule has 1 saturated heterocycles. The molecule has 114 valence electrons. The number of benzene rings is 1. The number of likely N-dealkylation sites (tertiary alicyclic amines) is 1. The van der Waals surface area contributed by atoms with Crippen molar-refractivity contribution in [1.29, 1.82) is 0 Å². The summed E-state index contributed by atoms with van der Waals surface area (Å²) in [5, 5.41) is 5.92. The minimum Gasteiger partial charge on any atom is -0.384 e. The highest BCUT2D eigenvalue weighted by Gasteiger charge is 2.34. The molecular formula is C16H23N3O2. The van der Waals surface area contributed by atoms with E-state index in [1.165, 1.54) is 0 Å². The number of amides is 2. The van der Waals surface area contributed by atoms with E-state index < -0.39 is 0 Å². The quantitative estimate of drug-likeness (QED) is 0.870. The fourth-order valence-corrected chi connectivity index (χ4v) is 2.69. The van der Waals surface area contributed by atoms with Crippen molar-refractivity contribution in [1.82, 2.24) is 10.2 Å². The second-order valence-electron chi connectivity index (χ2n) is 5.24. The summed E-state index contributed by atoms with van der Waals surface area (Å²) in [7, 11) is 1.61. The number of likely N-dealkylation sites (N-methyl/N-ethyl adjacent to an activating group) is 1. The molecule has 1 aromatic carbocycles. The van der Waals surface area contributed by atoms with Crippen molar-refractivity contribution < 1.29 is 9.59 Å². The Bertz CT molecular complexity index is 516. The van der Waals surface area contributed by atoms with Crippen molar-refractivity contribution in [3.05, 3.63) is 29.8 Å². The Morgan fingerprint density at radius 3 is 2.81 bits per heavy atom. The molecule has 0 aliphatic carbocycles. The van der Waals surface area contributed by atoms with Crippen molar-refractivity contribution in [2.45, 2.75) is 32.2 Å². The molecule has 0 spiro atoms. The van der Waals surface area contributed by atoms with E-state index in [-0.39, 0.29) is 17.9 Å². The van der Waals surface area contributed by atoms with Gasteiger partial charge in [-0.15, -0.1) is 0 Å². The molecule has 1 heterocycles. The average molecular weight is 289 g/mol. The molecule has 2 N–H and O–H groups in total. The van der Waals surface area contributed by atoms with E-state index in [1.807, 2.05) is 24.3 Å². The van der Waals surface area contributed by atoms with E-state index >= 15 is 0 Å². The molecule has 1 unspecified atom stereocenters. The van der Waals surface area contributed by atoms with Gasteiger partial charge in [-0.2, -0.15) is 0 Å². The van der Waals surface area contributed by atoms with Gasteiger partial charge in [-0.25, -0.2) is 0 Å². The van der Waals surface area contributed by atoms with Crippen LogP contribution in [0.4, 0.5) is 5.69 Å². The first-order valence-electron chi connectivity index (χ1n) is 7.54. The van der Waals surface area contributed by atoms with Crippen LogP contribution in [0.15, 0.2) is 24.3 Å². The third-order valence-electron chi connectivity index (χ3n) is 3.79. The number of hydrogen-bond donors (Lipinski definition) is 2. The topological polar surface area (TPSA) is 61.4 Å². The van der Waals surface area contributed by atoms with Crippen LogP contribution in [0, 0.1) is 0 Å². The lowest BCUT2D eigenvalue weighted by Crippen LogP contribution is -2.45. The summed E-state index contributed by atoms with van der Waals surface area (Å²) in [6.07, 6.45) is 2.59. The van der Waals surface area contributed by atoms with Crippen LogP contribution in [0.2, 0.25) is 0 Å². The van der Waals surface area contributed by atoms with Gasteiger partial charge in [-0.1, -0.05) is 19.1 Å². The molecule has 5 nitrogen and oxygen atoms in total. The molecule has 0 saturated carbocycles. The van der Waals surface area contributed by atoms with E-state index in [0.29, 0.717) is 12.1 Å². The molecule has 5 heteroatoms. The van der Waals surface area contributed by atoms with Gasteiger partial charge >= 0.3 is 0 Å². The van der Waals surface area contributed by atoms with Gasteiger partial charge in [-0.05, 0) is 31.4 Å². The Kier molecular flexibility index (Phi) is 5.20. The number of carbonyl (C=O) groups is 2. The second-order valence-corrected chi connectivity index (χ2v) is 5.24. The lowest BCUT2D eigenvalue weighted by molar-refractivity contribution is -0.124. The first-order chi connectivity index (χ1) is 10.2. The Morgan fingerprint density at radius 1 is 1.33 bits per heavy atom. The van der Waals surface area contributed by atoms with E-state index in [9.17, 15) is 9.59 Å². The largest absolute Gasteiger partial charge is 0.384 e. The van der Waals surface area contributed by atoms with Crippen molar-refractivity contribution in [3.63, 3.8) is 0 Å². The lowest BCUT2D eigenvalue weighted by Gasteiger charge is -2.24. The van der Waals surface area contributed by atoms with Gasteiger partial charge in [0.15, 0.2) is 0 Å². The van der Waals surface area contributed by atoms with Crippen LogP contribution in [0.25, 0.3) is 0 Å². The zero-order chi connectivity index (χ0) is 15.2. The van der Waals surface area contributed by atoms with Crippen molar-refractivity contribution in [2.75, 3.05) is 25.5 Å². The fraction of sp³-hybridized carbons (Fsp3) is 0.500. The van der Waals surface area contributed by atoms with Gasteiger partial charge in [0.25, 0.3) is 5.91 Å². The third kappa shape index (κ3) is 3.35. The fourth-order valence-electron chi connectivity index (χ4n) is 2.69. The van der Waals surface area contributed by atoms with Crippen molar-refractivity contribution in [3.8, 4) is 0 Å². The van der Waals surface area contributed by atoms with E-state index in [2.05, 4.69) is 17.6 Å². The Labute approximate surface area is 125 Å². The number of nitrogens with one attached hydrogen (secondary N) is 2.